The Labute approximate surface area is 391 Å². The van der Waals surface area contributed by atoms with Crippen LogP contribution in [0.1, 0.15) is 183 Å². The summed E-state index contributed by atoms with van der Waals surface area (Å²) in [5.74, 6) is 4.21. The molecule has 0 aromatic heterocycles. The number of carbonyl (C=O) groups excluding carboxylic acids is 1. The highest BCUT2D eigenvalue weighted by Crippen LogP contribution is 2.50. The van der Waals surface area contributed by atoms with Crippen molar-refractivity contribution >= 4 is 11.9 Å². The van der Waals surface area contributed by atoms with Crippen LogP contribution < -0.4 is 0 Å². The molecular formula is C59H98O4. The number of hydrogen-bond donors (Lipinski definition) is 2. The number of benzene rings is 4. The lowest BCUT2D eigenvalue weighted by Crippen LogP contribution is -1.92. The molecule has 6 unspecified atom stereocenters. The van der Waals surface area contributed by atoms with E-state index >= 15 is 0 Å². The summed E-state index contributed by atoms with van der Waals surface area (Å²) in [5, 5.41) is 17.3. The average Bonchev–Trinajstić information content (AvgIpc) is 4.31. The van der Waals surface area contributed by atoms with Crippen molar-refractivity contribution in [1.29, 1.82) is 0 Å². The monoisotopic (exact) mass is 871 g/mol. The molecule has 0 aliphatic heterocycles. The number of rotatable bonds is 10. The largest absolute Gasteiger partial charge is 0.505 e. The number of ether oxygens (including phenoxy) is 1. The molecule has 7 rings (SSSR count). The van der Waals surface area contributed by atoms with Gasteiger partial charge in [0, 0.05) is 13.0 Å². The summed E-state index contributed by atoms with van der Waals surface area (Å²) in [6.45, 7) is 34.1. The van der Waals surface area contributed by atoms with E-state index in [2.05, 4.69) is 84.9 Å². The van der Waals surface area contributed by atoms with Crippen LogP contribution in [0.3, 0.4) is 0 Å². The fraction of sp³-hybridized carbons (Fsp3) is 0.508. The van der Waals surface area contributed by atoms with Crippen molar-refractivity contribution in [3.05, 3.63) is 162 Å². The SMILES string of the molecule is CC.CC.CC.CC.CC.CC.CC.CC.CC(=O)CC1CC1c1ccccc1.COC=CC1CC1c1ccccc1.OC/C=C/c1ccccc1.OCC1CC1c1ccccc1. The molecule has 3 aliphatic carbocycles. The van der Waals surface area contributed by atoms with Gasteiger partial charge >= 0.3 is 0 Å². The van der Waals surface area contributed by atoms with Gasteiger partial charge in [0.2, 0.25) is 0 Å². The molecule has 358 valence electrons. The normalized spacial score (nSPS) is 18.1. The third kappa shape index (κ3) is 34.9. The Morgan fingerprint density at radius 1 is 0.524 bits per heavy atom. The molecule has 0 radical (unpaired) electrons. The van der Waals surface area contributed by atoms with E-state index in [1.807, 2.05) is 159 Å². The van der Waals surface area contributed by atoms with Crippen molar-refractivity contribution in [2.75, 3.05) is 20.3 Å². The van der Waals surface area contributed by atoms with Gasteiger partial charge in [-0.2, -0.15) is 0 Å². The molecule has 0 bridgehead atoms. The topological polar surface area (TPSA) is 66.8 Å². The number of ketones is 1. The fourth-order valence-corrected chi connectivity index (χ4v) is 5.95. The van der Waals surface area contributed by atoms with Gasteiger partial charge in [-0.1, -0.05) is 244 Å². The van der Waals surface area contributed by atoms with Crippen molar-refractivity contribution in [2.45, 2.75) is 161 Å². The lowest BCUT2D eigenvalue weighted by molar-refractivity contribution is -0.117. The fourth-order valence-electron chi connectivity index (χ4n) is 5.95. The van der Waals surface area contributed by atoms with Gasteiger partial charge in [-0.05, 0) is 90.0 Å². The van der Waals surface area contributed by atoms with Crippen LogP contribution in [0.5, 0.6) is 0 Å². The second-order valence-electron chi connectivity index (χ2n) is 12.6. The van der Waals surface area contributed by atoms with Crippen LogP contribution in [0.2, 0.25) is 0 Å². The molecule has 63 heavy (non-hydrogen) atoms. The van der Waals surface area contributed by atoms with Crippen molar-refractivity contribution in [3.63, 3.8) is 0 Å². The van der Waals surface area contributed by atoms with E-state index in [4.69, 9.17) is 14.9 Å². The molecule has 0 amide bonds. The minimum Gasteiger partial charge on any atom is -0.505 e. The Morgan fingerprint density at radius 3 is 1.21 bits per heavy atom. The minimum absolute atomic E-state index is 0.106. The zero-order valence-electron chi connectivity index (χ0n) is 43.8. The van der Waals surface area contributed by atoms with Gasteiger partial charge in [0.1, 0.15) is 5.78 Å². The van der Waals surface area contributed by atoms with E-state index < -0.39 is 0 Å². The summed E-state index contributed by atoms with van der Waals surface area (Å²) >= 11 is 0. The smallest absolute Gasteiger partial charge is 0.130 e. The number of hydrogen-bond acceptors (Lipinski definition) is 4. The second kappa shape index (κ2) is 52.1. The second-order valence-corrected chi connectivity index (χ2v) is 12.6. The van der Waals surface area contributed by atoms with Gasteiger partial charge in [-0.3, -0.25) is 0 Å². The zero-order valence-corrected chi connectivity index (χ0v) is 43.8. The maximum absolute atomic E-state index is 10.9. The Kier molecular flexibility index (Phi) is 56.1. The highest BCUT2D eigenvalue weighted by molar-refractivity contribution is 5.76. The van der Waals surface area contributed by atoms with Crippen molar-refractivity contribution < 1.29 is 19.7 Å². The number of aliphatic hydroxyl groups is 2. The lowest BCUT2D eigenvalue weighted by atomic mass is 10.1. The first-order chi connectivity index (χ1) is 31.0. The molecule has 4 aromatic rings. The number of methoxy groups -OCH3 is 1. The van der Waals surface area contributed by atoms with E-state index in [1.165, 1.54) is 36.0 Å². The molecule has 6 atom stereocenters. The molecule has 0 heterocycles. The highest BCUT2D eigenvalue weighted by atomic mass is 16.5. The molecule has 3 saturated carbocycles. The van der Waals surface area contributed by atoms with E-state index in [0.717, 1.165) is 17.9 Å². The molecule has 2 N–H and O–H groups in total. The molecule has 4 aromatic carbocycles. The first-order valence-electron chi connectivity index (χ1n) is 24.8. The van der Waals surface area contributed by atoms with E-state index in [-0.39, 0.29) is 6.61 Å². The lowest BCUT2D eigenvalue weighted by Gasteiger charge is -1.97. The van der Waals surface area contributed by atoms with Crippen LogP contribution in [0.25, 0.3) is 6.08 Å². The van der Waals surface area contributed by atoms with Crippen LogP contribution in [0.4, 0.5) is 0 Å². The van der Waals surface area contributed by atoms with Gasteiger partial charge < -0.3 is 19.7 Å². The Hall–Kier alpha value is -4.25. The van der Waals surface area contributed by atoms with E-state index in [9.17, 15) is 4.79 Å². The number of Topliss-reactive ketones (excluding diaryl/α,β-unsaturated/α-hetero) is 1. The first kappa shape index (κ1) is 67.8. The quantitative estimate of drug-likeness (QED) is 0.156. The van der Waals surface area contributed by atoms with Gasteiger partial charge in [0.25, 0.3) is 0 Å². The maximum atomic E-state index is 10.9. The molecule has 3 fully saturated rings. The summed E-state index contributed by atoms with van der Waals surface area (Å²) in [6.07, 6.45) is 11.9. The van der Waals surface area contributed by atoms with Gasteiger partial charge in [-0.25, -0.2) is 0 Å². The molecule has 4 nitrogen and oxygen atoms in total. The summed E-state index contributed by atoms with van der Waals surface area (Å²) in [6, 6.07) is 41.5. The van der Waals surface area contributed by atoms with Crippen LogP contribution in [-0.4, -0.2) is 36.3 Å². The Morgan fingerprint density at radius 2 is 0.873 bits per heavy atom. The molecular weight excluding hydrogens is 773 g/mol. The van der Waals surface area contributed by atoms with Crippen molar-refractivity contribution in [2.24, 2.45) is 17.8 Å². The molecule has 3 aliphatic rings. The molecule has 4 heteroatoms. The van der Waals surface area contributed by atoms with Crippen LogP contribution in [-0.2, 0) is 9.53 Å². The number of allylic oxidation sites excluding steroid dienone is 1. The Bertz CT molecular complexity index is 1490. The summed E-state index contributed by atoms with van der Waals surface area (Å²) in [7, 11) is 1.69. The van der Waals surface area contributed by atoms with Crippen molar-refractivity contribution in [1.82, 2.24) is 0 Å². The molecule has 0 spiro atoms. The van der Waals surface area contributed by atoms with E-state index in [1.54, 1.807) is 26.4 Å². The third-order valence-corrected chi connectivity index (χ3v) is 8.83. The minimum atomic E-state index is 0.106. The van der Waals surface area contributed by atoms with Crippen LogP contribution in [0, 0.1) is 17.8 Å². The molecule has 0 saturated heterocycles. The van der Waals surface area contributed by atoms with Crippen LogP contribution in [0.15, 0.2) is 140 Å². The van der Waals surface area contributed by atoms with E-state index in [0.29, 0.717) is 42.0 Å². The van der Waals surface area contributed by atoms with Gasteiger partial charge in [0.05, 0.1) is 20.0 Å². The first-order valence-corrected chi connectivity index (χ1v) is 24.8. The number of aliphatic hydroxyl groups excluding tert-OH is 2. The zero-order chi connectivity index (χ0) is 49.3. The van der Waals surface area contributed by atoms with Gasteiger partial charge in [-0.15, -0.1) is 0 Å². The summed E-state index contributed by atoms with van der Waals surface area (Å²) in [5.41, 5.74) is 5.35. The maximum Gasteiger partial charge on any atom is 0.130 e. The van der Waals surface area contributed by atoms with Crippen molar-refractivity contribution in [3.8, 4) is 0 Å². The Balaban J connectivity index is -0.000000215. The van der Waals surface area contributed by atoms with Crippen LogP contribution >= 0.6 is 0 Å². The third-order valence-electron chi connectivity index (χ3n) is 8.83. The highest BCUT2D eigenvalue weighted by Gasteiger charge is 2.39. The predicted octanol–water partition coefficient (Wildman–Crippen LogP) is 17.4. The number of carbonyl (C=O) groups is 1. The standard InChI is InChI=1S/2C12H14O.C10H12O.C9H10O.8C2H6/c1-9(13)7-11-8-12(11)10-5-3-2-4-6-10;1-13-8-7-11-9-12(11)10-5-3-2-4-6-10;11-7-9-6-10(9)8-4-2-1-3-5-8;10-8-4-7-9-5-2-1-3-6-9;8*1-2/h2-6,11-12H,7-8H2,1H3;2-8,11-12H,9H2,1H3;1-5,9-11H,6-7H2;1-7,10H,8H2;8*1-2H3/b;;;7-4+;;;;;;;;. The predicted molar refractivity (Wildman–Crippen MR) is 284 cm³/mol. The average molecular weight is 871 g/mol. The summed E-state index contributed by atoms with van der Waals surface area (Å²) in [4.78, 5) is 10.9. The summed E-state index contributed by atoms with van der Waals surface area (Å²) < 4.78 is 4.90. The van der Waals surface area contributed by atoms with Gasteiger partial charge in [0.15, 0.2) is 0 Å².